The second-order valence-corrected chi connectivity index (χ2v) is 10.5. The summed E-state index contributed by atoms with van der Waals surface area (Å²) in [6, 6.07) is 18.8. The van der Waals surface area contributed by atoms with E-state index in [1.54, 1.807) is 12.1 Å². The molecule has 0 fully saturated rings. The highest BCUT2D eigenvalue weighted by Gasteiger charge is 2.29. The Labute approximate surface area is 251 Å². The van der Waals surface area contributed by atoms with E-state index in [2.05, 4.69) is 15.6 Å². The van der Waals surface area contributed by atoms with Crippen LogP contribution in [0.25, 0.3) is 10.8 Å². The molecular formula is C32H41N7O4. The van der Waals surface area contributed by atoms with Crippen molar-refractivity contribution < 1.29 is 19.5 Å². The number of unbranched alkanes of at least 4 members (excludes halogenated alkanes) is 1. The van der Waals surface area contributed by atoms with Crippen LogP contribution in [0, 0.1) is 5.41 Å². The van der Waals surface area contributed by atoms with Gasteiger partial charge in [-0.3, -0.25) is 20.0 Å². The zero-order valence-corrected chi connectivity index (χ0v) is 24.4. The maximum atomic E-state index is 13.9. The molecule has 11 heteroatoms. The Kier molecular flexibility index (Phi) is 12.1. The molecule has 43 heavy (non-hydrogen) atoms. The van der Waals surface area contributed by atoms with E-state index in [-0.39, 0.29) is 30.7 Å². The third kappa shape index (κ3) is 9.84. The monoisotopic (exact) mass is 587 g/mol. The fraction of sp³-hybridized carbons (Fsp3) is 0.344. The summed E-state index contributed by atoms with van der Waals surface area (Å²) in [6.07, 6.45) is 2.62. The summed E-state index contributed by atoms with van der Waals surface area (Å²) in [5, 5.41) is 24.9. The number of aliphatic imine (C=N–C) groups is 1. The molecule has 2 amide bonds. The lowest BCUT2D eigenvalue weighted by Gasteiger charge is -2.24. The first kappa shape index (κ1) is 32.6. The van der Waals surface area contributed by atoms with E-state index in [0.29, 0.717) is 31.2 Å². The predicted molar refractivity (Wildman–Crippen MR) is 169 cm³/mol. The zero-order valence-electron chi connectivity index (χ0n) is 24.4. The highest BCUT2D eigenvalue weighted by atomic mass is 16.4. The molecule has 0 heterocycles. The van der Waals surface area contributed by atoms with Crippen molar-refractivity contribution in [3.63, 3.8) is 0 Å². The molecule has 0 saturated carbocycles. The van der Waals surface area contributed by atoms with Crippen LogP contribution < -0.4 is 27.8 Å². The first-order valence-corrected chi connectivity index (χ1v) is 14.4. The lowest BCUT2D eigenvalue weighted by molar-refractivity contribution is -0.142. The molecule has 3 aromatic rings. The number of benzene rings is 3. The number of nitrogens with one attached hydrogen (secondary N) is 3. The fourth-order valence-corrected chi connectivity index (χ4v) is 4.83. The van der Waals surface area contributed by atoms with Gasteiger partial charge in [-0.2, -0.15) is 0 Å². The van der Waals surface area contributed by atoms with E-state index in [1.807, 2.05) is 61.5 Å². The Balaban J connectivity index is 1.85. The van der Waals surface area contributed by atoms with Gasteiger partial charge in [0.2, 0.25) is 11.8 Å². The molecule has 0 saturated heterocycles. The lowest BCUT2D eigenvalue weighted by Crippen LogP contribution is -2.52. The summed E-state index contributed by atoms with van der Waals surface area (Å²) < 4.78 is 0. The minimum atomic E-state index is -1.18. The van der Waals surface area contributed by atoms with Gasteiger partial charge in [0.05, 0.1) is 5.92 Å². The smallest absolute Gasteiger partial charge is 0.326 e. The number of nitrogens with zero attached hydrogens (tertiary/aromatic N) is 1. The second-order valence-electron chi connectivity index (χ2n) is 10.5. The first-order valence-electron chi connectivity index (χ1n) is 14.4. The number of carboxylic acids is 1. The number of carboxylic acid groups (broad SMARTS) is 1. The van der Waals surface area contributed by atoms with Crippen molar-refractivity contribution in [1.29, 1.82) is 5.41 Å². The number of carbonyl (C=O) groups is 3. The fourth-order valence-electron chi connectivity index (χ4n) is 4.83. The summed E-state index contributed by atoms with van der Waals surface area (Å²) in [6.45, 7) is 2.21. The van der Waals surface area contributed by atoms with Gasteiger partial charge in [-0.25, -0.2) is 4.79 Å². The van der Waals surface area contributed by atoms with Crippen LogP contribution in [-0.4, -0.2) is 53.3 Å². The molecule has 11 nitrogen and oxygen atoms in total. The number of rotatable bonds is 16. The molecule has 3 aromatic carbocycles. The summed E-state index contributed by atoms with van der Waals surface area (Å²) in [5.41, 5.74) is 18.5. The zero-order chi connectivity index (χ0) is 31.4. The molecule has 10 N–H and O–H groups in total. The number of amides is 2. The van der Waals surface area contributed by atoms with Crippen molar-refractivity contribution in [2.24, 2.45) is 22.2 Å². The van der Waals surface area contributed by atoms with Crippen molar-refractivity contribution in [1.82, 2.24) is 10.6 Å². The van der Waals surface area contributed by atoms with Crippen molar-refractivity contribution in [3.8, 4) is 0 Å². The number of hydrogen-bond acceptors (Lipinski definition) is 5. The van der Waals surface area contributed by atoms with Crippen LogP contribution in [0.5, 0.6) is 0 Å². The molecule has 0 aliphatic carbocycles. The van der Waals surface area contributed by atoms with E-state index in [1.165, 1.54) is 0 Å². The molecule has 3 rings (SSSR count). The lowest BCUT2D eigenvalue weighted by atomic mass is 9.89. The van der Waals surface area contributed by atoms with Crippen LogP contribution in [0.15, 0.2) is 71.7 Å². The third-order valence-corrected chi connectivity index (χ3v) is 7.24. The van der Waals surface area contributed by atoms with Crippen LogP contribution in [0.4, 0.5) is 0 Å². The maximum Gasteiger partial charge on any atom is 0.326 e. The Bertz CT molecular complexity index is 1450. The Morgan fingerprint density at radius 1 is 0.860 bits per heavy atom. The average molecular weight is 588 g/mol. The summed E-state index contributed by atoms with van der Waals surface area (Å²) >= 11 is 0. The van der Waals surface area contributed by atoms with Crippen molar-refractivity contribution in [2.75, 3.05) is 6.54 Å². The Morgan fingerprint density at radius 3 is 2.14 bits per heavy atom. The van der Waals surface area contributed by atoms with Gasteiger partial charge in [0.1, 0.15) is 17.9 Å². The number of fused-ring (bicyclic) bond motifs is 1. The Hall–Kier alpha value is -4.93. The molecule has 1 unspecified atom stereocenters. The molecule has 0 bridgehead atoms. The van der Waals surface area contributed by atoms with Gasteiger partial charge in [0.25, 0.3) is 0 Å². The number of guanidine groups is 1. The van der Waals surface area contributed by atoms with Crippen LogP contribution in [0.1, 0.15) is 61.6 Å². The molecular weight excluding hydrogens is 546 g/mol. The number of nitrogen functional groups attached to an aromatic ring is 1. The maximum absolute atomic E-state index is 13.9. The number of hydrogen-bond donors (Lipinski definition) is 7. The first-order chi connectivity index (χ1) is 20.6. The van der Waals surface area contributed by atoms with E-state index < -0.39 is 29.9 Å². The minimum Gasteiger partial charge on any atom is -0.480 e. The molecule has 0 radical (unpaired) electrons. The quantitative estimate of drug-likeness (QED) is 0.0756. The Morgan fingerprint density at radius 2 is 1.51 bits per heavy atom. The number of carbonyl (C=O) groups excluding carboxylic acids is 2. The van der Waals surface area contributed by atoms with Crippen molar-refractivity contribution in [3.05, 3.63) is 83.4 Å². The van der Waals surface area contributed by atoms with E-state index in [4.69, 9.17) is 22.6 Å². The van der Waals surface area contributed by atoms with Crippen molar-refractivity contribution >= 4 is 40.4 Å². The van der Waals surface area contributed by atoms with Crippen LogP contribution in [0.2, 0.25) is 0 Å². The van der Waals surface area contributed by atoms with Crippen LogP contribution in [-0.2, 0) is 20.8 Å². The largest absolute Gasteiger partial charge is 0.480 e. The number of nitrogens with two attached hydrogens (primary N) is 3. The number of aliphatic carboxylic acids is 1. The molecule has 3 atom stereocenters. The highest BCUT2D eigenvalue weighted by Crippen LogP contribution is 2.26. The normalized spacial score (nSPS) is 13.0. The van der Waals surface area contributed by atoms with E-state index in [9.17, 15) is 19.5 Å². The number of amidine groups is 1. The summed E-state index contributed by atoms with van der Waals surface area (Å²) in [4.78, 5) is 43.0. The van der Waals surface area contributed by atoms with Gasteiger partial charge in [-0.05, 0) is 47.6 Å². The van der Waals surface area contributed by atoms with Crippen LogP contribution in [0.3, 0.4) is 0 Å². The SMILES string of the molecule is CCCC[C@H](NC(=O)[C@@H](Cc1ccc(C(=N)N)cc1)c1ccc2ccccc2c1)C(=O)NC(CCCN=C(N)N)C(=O)O. The predicted octanol–water partition coefficient (Wildman–Crippen LogP) is 2.75. The highest BCUT2D eigenvalue weighted by molar-refractivity contribution is 5.95. The van der Waals surface area contributed by atoms with Crippen LogP contribution >= 0.6 is 0 Å². The summed E-state index contributed by atoms with van der Waals surface area (Å²) in [5.74, 6) is -2.85. The van der Waals surface area contributed by atoms with Gasteiger partial charge in [0.15, 0.2) is 5.96 Å². The van der Waals surface area contributed by atoms with Gasteiger partial charge in [0, 0.05) is 12.1 Å². The molecule has 0 aliphatic heterocycles. The second kappa shape index (κ2) is 15.9. The van der Waals surface area contributed by atoms with Crippen molar-refractivity contribution in [2.45, 2.75) is 63.5 Å². The topological polar surface area (TPSA) is 210 Å². The van der Waals surface area contributed by atoms with E-state index in [0.717, 1.165) is 28.3 Å². The average Bonchev–Trinajstić information content (AvgIpc) is 2.99. The van der Waals surface area contributed by atoms with Gasteiger partial charge in [-0.15, -0.1) is 0 Å². The third-order valence-electron chi connectivity index (χ3n) is 7.24. The van der Waals surface area contributed by atoms with Gasteiger partial charge >= 0.3 is 5.97 Å². The molecule has 228 valence electrons. The molecule has 0 aliphatic rings. The van der Waals surface area contributed by atoms with Gasteiger partial charge < -0.3 is 32.9 Å². The summed E-state index contributed by atoms with van der Waals surface area (Å²) in [7, 11) is 0. The standard InChI is InChI=1S/C32H41N7O4/c1-2-3-9-26(30(41)39-27(31(42)43)10-6-17-37-32(35)36)38-29(40)25(18-20-11-13-22(14-12-20)28(33)34)24-16-15-21-7-4-5-8-23(21)19-24/h4-5,7-8,11-16,19,25-27H,2-3,6,9-10,17-18H2,1H3,(H3,33,34)(H,38,40)(H,39,41)(H,42,43)(H4,35,36,37)/t25-,26-,27?/m0/s1. The molecule has 0 aromatic heterocycles. The van der Waals surface area contributed by atoms with Gasteiger partial charge in [-0.1, -0.05) is 86.5 Å². The molecule has 0 spiro atoms. The van der Waals surface area contributed by atoms with E-state index >= 15 is 0 Å². The minimum absolute atomic E-state index is 0.0453.